The molecule has 0 aliphatic carbocycles. The molecule has 1 aromatic heterocycles. The summed E-state index contributed by atoms with van der Waals surface area (Å²) in [5.74, 6) is -0.210. The van der Waals surface area contributed by atoms with Gasteiger partial charge in [-0.1, -0.05) is 35.6 Å². The van der Waals surface area contributed by atoms with Crippen LogP contribution in [0.3, 0.4) is 0 Å². The van der Waals surface area contributed by atoms with E-state index < -0.39 is 0 Å². The first kappa shape index (κ1) is 17.0. The molecule has 134 valence electrons. The fourth-order valence-electron chi connectivity index (χ4n) is 3.20. The van der Waals surface area contributed by atoms with Crippen molar-refractivity contribution >= 4 is 22.2 Å². The Kier molecular flexibility index (Phi) is 4.84. The highest BCUT2D eigenvalue weighted by atomic mass is 32.1. The van der Waals surface area contributed by atoms with Gasteiger partial charge in [-0.25, -0.2) is 4.39 Å². The molecule has 1 aliphatic heterocycles. The Morgan fingerprint density at radius 2 is 1.69 bits per heavy atom. The van der Waals surface area contributed by atoms with E-state index in [1.54, 1.807) is 23.5 Å². The second-order valence-electron chi connectivity index (χ2n) is 6.59. The molecule has 4 nitrogen and oxygen atoms in total. The Hall–Kier alpha value is -2.47. The Balaban J connectivity index is 1.37. The van der Waals surface area contributed by atoms with Crippen molar-refractivity contribution in [2.45, 2.75) is 13.3 Å². The molecule has 0 saturated carbocycles. The average Bonchev–Trinajstić information content (AvgIpc) is 3.12. The van der Waals surface area contributed by atoms with E-state index in [0.717, 1.165) is 41.9 Å². The summed E-state index contributed by atoms with van der Waals surface area (Å²) in [6, 6.07) is 15.2. The van der Waals surface area contributed by atoms with Crippen molar-refractivity contribution in [3.05, 3.63) is 70.5 Å². The average molecular weight is 368 g/mol. The third-order valence-corrected chi connectivity index (χ3v) is 5.63. The molecule has 0 spiro atoms. The zero-order chi connectivity index (χ0) is 17.9. The van der Waals surface area contributed by atoms with Gasteiger partial charge in [0.25, 0.3) is 0 Å². The number of hydrogen-bond acceptors (Lipinski definition) is 5. The van der Waals surface area contributed by atoms with Gasteiger partial charge in [0, 0.05) is 38.3 Å². The van der Waals surface area contributed by atoms with Crippen LogP contribution in [0, 0.1) is 12.7 Å². The molecule has 0 amide bonds. The van der Waals surface area contributed by atoms with Gasteiger partial charge >= 0.3 is 0 Å². The van der Waals surface area contributed by atoms with Crippen molar-refractivity contribution < 1.29 is 4.39 Å². The van der Waals surface area contributed by atoms with Gasteiger partial charge in [-0.2, -0.15) is 0 Å². The summed E-state index contributed by atoms with van der Waals surface area (Å²) in [5, 5.41) is 10.6. The van der Waals surface area contributed by atoms with Crippen molar-refractivity contribution in [1.82, 2.24) is 10.2 Å². The van der Waals surface area contributed by atoms with Gasteiger partial charge in [-0.15, -0.1) is 10.2 Å². The highest BCUT2D eigenvalue weighted by Crippen LogP contribution is 2.25. The van der Waals surface area contributed by atoms with E-state index in [4.69, 9.17) is 0 Å². The molecule has 6 heteroatoms. The lowest BCUT2D eigenvalue weighted by molar-refractivity contribution is 0.627. The first-order valence-corrected chi connectivity index (χ1v) is 9.62. The van der Waals surface area contributed by atoms with Gasteiger partial charge in [0.15, 0.2) is 0 Å². The third kappa shape index (κ3) is 3.85. The molecule has 0 atom stereocenters. The normalized spacial score (nSPS) is 14.7. The van der Waals surface area contributed by atoms with Crippen molar-refractivity contribution in [2.24, 2.45) is 0 Å². The fraction of sp³-hybridized carbons (Fsp3) is 0.300. The molecule has 0 radical (unpaired) electrons. The first-order valence-electron chi connectivity index (χ1n) is 8.81. The lowest BCUT2D eigenvalue weighted by Gasteiger charge is -2.35. The van der Waals surface area contributed by atoms with E-state index in [-0.39, 0.29) is 5.82 Å². The maximum absolute atomic E-state index is 13.0. The van der Waals surface area contributed by atoms with E-state index in [0.29, 0.717) is 6.42 Å². The minimum absolute atomic E-state index is 0.210. The largest absolute Gasteiger partial charge is 0.368 e. The molecular formula is C20H21FN4S. The number of anilines is 2. The van der Waals surface area contributed by atoms with Gasteiger partial charge in [0.05, 0.1) is 0 Å². The molecule has 2 heterocycles. The number of halogens is 1. The summed E-state index contributed by atoms with van der Waals surface area (Å²) in [5.41, 5.74) is 3.64. The number of aryl methyl sites for hydroxylation is 1. The van der Waals surface area contributed by atoms with Crippen LogP contribution < -0.4 is 9.80 Å². The predicted molar refractivity (Wildman–Crippen MR) is 105 cm³/mol. The maximum atomic E-state index is 13.0. The summed E-state index contributed by atoms with van der Waals surface area (Å²) in [7, 11) is 0. The molecule has 0 N–H and O–H groups in total. The van der Waals surface area contributed by atoms with Crippen LogP contribution >= 0.6 is 11.3 Å². The molecule has 1 aliphatic rings. The van der Waals surface area contributed by atoms with E-state index >= 15 is 0 Å². The van der Waals surface area contributed by atoms with E-state index in [1.165, 1.54) is 23.4 Å². The Morgan fingerprint density at radius 3 is 2.42 bits per heavy atom. The molecule has 1 saturated heterocycles. The van der Waals surface area contributed by atoms with Gasteiger partial charge in [0.2, 0.25) is 5.13 Å². The number of piperazine rings is 1. The van der Waals surface area contributed by atoms with Crippen molar-refractivity contribution in [2.75, 3.05) is 36.0 Å². The van der Waals surface area contributed by atoms with E-state index in [2.05, 4.69) is 51.2 Å². The van der Waals surface area contributed by atoms with Crippen LogP contribution in [0.25, 0.3) is 0 Å². The highest BCUT2D eigenvalue weighted by Gasteiger charge is 2.20. The summed E-state index contributed by atoms with van der Waals surface area (Å²) in [6.45, 7) is 5.98. The van der Waals surface area contributed by atoms with Gasteiger partial charge in [-0.05, 0) is 42.3 Å². The molecule has 0 bridgehead atoms. The first-order chi connectivity index (χ1) is 12.7. The molecule has 4 rings (SSSR count). The van der Waals surface area contributed by atoms with Crippen LogP contribution in [0.5, 0.6) is 0 Å². The Morgan fingerprint density at radius 1 is 0.962 bits per heavy atom. The van der Waals surface area contributed by atoms with Gasteiger partial charge in [0.1, 0.15) is 10.8 Å². The van der Waals surface area contributed by atoms with Crippen LogP contribution in [0.1, 0.15) is 16.1 Å². The number of aromatic nitrogens is 2. The van der Waals surface area contributed by atoms with Crippen LogP contribution in [-0.4, -0.2) is 36.4 Å². The molecule has 2 aromatic carbocycles. The zero-order valence-corrected chi connectivity index (χ0v) is 15.5. The summed E-state index contributed by atoms with van der Waals surface area (Å²) in [4.78, 5) is 4.72. The lowest BCUT2D eigenvalue weighted by atomic mass is 10.2. The van der Waals surface area contributed by atoms with Crippen LogP contribution in [0.2, 0.25) is 0 Å². The molecular weight excluding hydrogens is 347 g/mol. The standard InChI is InChI=1S/C20H21FN4S/c1-15-3-2-4-18(13-15)24-9-11-25(12-10-24)20-23-22-19(26-20)14-16-5-7-17(21)8-6-16/h2-8,13H,9-12,14H2,1H3. The monoisotopic (exact) mass is 368 g/mol. The fourth-order valence-corrected chi connectivity index (χ4v) is 4.13. The van der Waals surface area contributed by atoms with E-state index in [9.17, 15) is 4.39 Å². The molecule has 26 heavy (non-hydrogen) atoms. The van der Waals surface area contributed by atoms with Crippen LogP contribution in [0.15, 0.2) is 48.5 Å². The van der Waals surface area contributed by atoms with Crippen molar-refractivity contribution in [3.8, 4) is 0 Å². The smallest absolute Gasteiger partial charge is 0.208 e. The minimum Gasteiger partial charge on any atom is -0.368 e. The molecule has 3 aromatic rings. The molecule has 0 unspecified atom stereocenters. The Bertz CT molecular complexity index is 870. The number of rotatable bonds is 4. The predicted octanol–water partition coefficient (Wildman–Crippen LogP) is 3.90. The highest BCUT2D eigenvalue weighted by molar-refractivity contribution is 7.15. The van der Waals surface area contributed by atoms with E-state index in [1.807, 2.05) is 0 Å². The number of benzene rings is 2. The summed E-state index contributed by atoms with van der Waals surface area (Å²) in [6.07, 6.45) is 0.696. The van der Waals surface area contributed by atoms with Crippen molar-refractivity contribution in [3.63, 3.8) is 0 Å². The molecule has 1 fully saturated rings. The second-order valence-corrected chi connectivity index (χ2v) is 7.64. The topological polar surface area (TPSA) is 32.3 Å². The summed E-state index contributed by atoms with van der Waals surface area (Å²) < 4.78 is 13.0. The van der Waals surface area contributed by atoms with Crippen LogP contribution in [-0.2, 0) is 6.42 Å². The Labute approximate surface area is 156 Å². The quantitative estimate of drug-likeness (QED) is 0.699. The number of nitrogens with zero attached hydrogens (tertiary/aromatic N) is 4. The van der Waals surface area contributed by atoms with Crippen LogP contribution in [0.4, 0.5) is 15.2 Å². The van der Waals surface area contributed by atoms with Gasteiger partial charge in [-0.3, -0.25) is 0 Å². The van der Waals surface area contributed by atoms with Gasteiger partial charge < -0.3 is 9.80 Å². The second kappa shape index (κ2) is 7.41. The minimum atomic E-state index is -0.210. The third-order valence-electron chi connectivity index (χ3n) is 4.64. The SMILES string of the molecule is Cc1cccc(N2CCN(c3nnc(Cc4ccc(F)cc4)s3)CC2)c1. The zero-order valence-electron chi connectivity index (χ0n) is 14.7. The summed E-state index contributed by atoms with van der Waals surface area (Å²) >= 11 is 1.63. The van der Waals surface area contributed by atoms with Crippen molar-refractivity contribution in [1.29, 1.82) is 0 Å². The maximum Gasteiger partial charge on any atom is 0.208 e. The lowest BCUT2D eigenvalue weighted by Crippen LogP contribution is -2.46. The number of hydrogen-bond donors (Lipinski definition) is 0.